The van der Waals surface area contributed by atoms with E-state index in [4.69, 9.17) is 4.74 Å². The molecule has 1 N–H and O–H groups in total. The van der Waals surface area contributed by atoms with Crippen LogP contribution in [0.3, 0.4) is 0 Å². The SMILES string of the molecule is COC(=O)c1cc(CN2C[C@@H](C)C(F)(F)[C@@H](C)C2)c2[nH]ccc2n1. The van der Waals surface area contributed by atoms with E-state index in [0.29, 0.717) is 25.2 Å². The summed E-state index contributed by atoms with van der Waals surface area (Å²) >= 11 is 0. The van der Waals surface area contributed by atoms with Gasteiger partial charge in [0.2, 0.25) is 0 Å². The molecule has 7 heteroatoms. The molecule has 0 amide bonds. The van der Waals surface area contributed by atoms with Crippen LogP contribution in [0.4, 0.5) is 8.78 Å². The molecule has 5 nitrogen and oxygen atoms in total. The molecule has 1 aliphatic rings. The number of pyridine rings is 1. The Morgan fingerprint density at radius 3 is 2.71 bits per heavy atom. The molecule has 2 aromatic rings. The van der Waals surface area contributed by atoms with E-state index in [-0.39, 0.29) is 5.69 Å². The number of aromatic nitrogens is 2. The van der Waals surface area contributed by atoms with E-state index in [1.807, 2.05) is 4.90 Å². The predicted molar refractivity (Wildman–Crippen MR) is 86.0 cm³/mol. The number of methoxy groups -OCH3 is 1. The van der Waals surface area contributed by atoms with Gasteiger partial charge < -0.3 is 9.72 Å². The molecule has 1 saturated heterocycles. The average Bonchev–Trinajstić information content (AvgIpc) is 3.01. The number of aromatic amines is 1. The van der Waals surface area contributed by atoms with Gasteiger partial charge in [-0.05, 0) is 17.7 Å². The number of piperidine rings is 1. The molecule has 0 unspecified atom stereocenters. The maximum absolute atomic E-state index is 14.0. The Kier molecular flexibility index (Phi) is 4.29. The highest BCUT2D eigenvalue weighted by Crippen LogP contribution is 2.38. The lowest BCUT2D eigenvalue weighted by atomic mass is 9.87. The van der Waals surface area contributed by atoms with Crippen LogP contribution in [0.15, 0.2) is 18.3 Å². The number of carbonyl (C=O) groups is 1. The van der Waals surface area contributed by atoms with Gasteiger partial charge in [-0.15, -0.1) is 0 Å². The first-order valence-electron chi connectivity index (χ1n) is 7.98. The molecule has 0 spiro atoms. The van der Waals surface area contributed by atoms with Crippen LogP contribution in [-0.2, 0) is 11.3 Å². The number of likely N-dealkylation sites (tertiary alicyclic amines) is 1. The fourth-order valence-corrected chi connectivity index (χ4v) is 3.39. The maximum Gasteiger partial charge on any atom is 0.356 e. The summed E-state index contributed by atoms with van der Waals surface area (Å²) in [5.41, 5.74) is 2.56. The van der Waals surface area contributed by atoms with Gasteiger partial charge in [0.05, 0.1) is 18.1 Å². The van der Waals surface area contributed by atoms with Crippen molar-refractivity contribution in [3.63, 3.8) is 0 Å². The van der Waals surface area contributed by atoms with Crippen molar-refractivity contribution in [3.05, 3.63) is 29.6 Å². The Morgan fingerprint density at radius 1 is 1.42 bits per heavy atom. The second-order valence-corrected chi connectivity index (χ2v) is 6.57. The summed E-state index contributed by atoms with van der Waals surface area (Å²) in [6.45, 7) is 4.28. The molecule has 0 aromatic carbocycles. The first kappa shape index (κ1) is 16.8. The standard InChI is InChI=1S/C17H21F2N3O2/c1-10-7-22(8-11(2)17(10,18)19)9-12-6-14(16(23)24-3)21-13-4-5-20-15(12)13/h4-6,10-11,20H,7-9H2,1-3H3/t10-,11+. The van der Waals surface area contributed by atoms with Gasteiger partial charge in [0.15, 0.2) is 0 Å². The van der Waals surface area contributed by atoms with Crippen LogP contribution in [0.25, 0.3) is 11.0 Å². The smallest absolute Gasteiger partial charge is 0.356 e. The minimum absolute atomic E-state index is 0.225. The maximum atomic E-state index is 14.0. The van der Waals surface area contributed by atoms with Crippen LogP contribution in [0.2, 0.25) is 0 Å². The number of nitrogens with one attached hydrogen (secondary N) is 1. The summed E-state index contributed by atoms with van der Waals surface area (Å²) in [5, 5.41) is 0. The molecule has 24 heavy (non-hydrogen) atoms. The van der Waals surface area contributed by atoms with Crippen molar-refractivity contribution < 1.29 is 18.3 Å². The lowest BCUT2D eigenvalue weighted by molar-refractivity contribution is -0.140. The third-order valence-electron chi connectivity index (χ3n) is 4.76. The van der Waals surface area contributed by atoms with Crippen LogP contribution in [0.5, 0.6) is 0 Å². The zero-order chi connectivity index (χ0) is 17.5. The van der Waals surface area contributed by atoms with Crippen LogP contribution in [-0.4, -0.2) is 47.0 Å². The highest BCUT2D eigenvalue weighted by atomic mass is 19.3. The van der Waals surface area contributed by atoms with Crippen LogP contribution in [0.1, 0.15) is 29.9 Å². The molecule has 0 bridgehead atoms. The van der Waals surface area contributed by atoms with Crippen molar-refractivity contribution in [2.45, 2.75) is 26.3 Å². The van der Waals surface area contributed by atoms with Crippen LogP contribution in [0, 0.1) is 11.8 Å². The van der Waals surface area contributed by atoms with E-state index in [0.717, 1.165) is 11.1 Å². The zero-order valence-electron chi connectivity index (χ0n) is 14.0. The Labute approximate surface area is 139 Å². The normalized spacial score (nSPS) is 24.2. The number of ether oxygens (including phenoxy) is 1. The molecular formula is C17H21F2N3O2. The molecule has 0 saturated carbocycles. The topological polar surface area (TPSA) is 58.2 Å². The summed E-state index contributed by atoms with van der Waals surface area (Å²) in [6.07, 6.45) is 1.75. The highest BCUT2D eigenvalue weighted by Gasteiger charge is 2.46. The predicted octanol–water partition coefficient (Wildman–Crippen LogP) is 3.07. The average molecular weight is 337 g/mol. The molecular weight excluding hydrogens is 316 g/mol. The van der Waals surface area contributed by atoms with E-state index in [1.54, 1.807) is 32.2 Å². The second-order valence-electron chi connectivity index (χ2n) is 6.57. The Balaban J connectivity index is 1.90. The number of rotatable bonds is 3. The number of hydrogen-bond acceptors (Lipinski definition) is 4. The monoisotopic (exact) mass is 337 g/mol. The molecule has 0 aliphatic carbocycles. The Morgan fingerprint density at radius 2 is 2.08 bits per heavy atom. The molecule has 1 fully saturated rings. The summed E-state index contributed by atoms with van der Waals surface area (Å²) in [4.78, 5) is 21.2. The fourth-order valence-electron chi connectivity index (χ4n) is 3.39. The van der Waals surface area contributed by atoms with E-state index >= 15 is 0 Å². The van der Waals surface area contributed by atoms with E-state index in [9.17, 15) is 13.6 Å². The van der Waals surface area contributed by atoms with Crippen molar-refractivity contribution in [2.75, 3.05) is 20.2 Å². The molecule has 0 radical (unpaired) electrons. The van der Waals surface area contributed by atoms with Gasteiger partial charge in [0.1, 0.15) is 5.69 Å². The number of fused-ring (bicyclic) bond motifs is 1. The van der Waals surface area contributed by atoms with Gasteiger partial charge in [-0.2, -0.15) is 0 Å². The first-order valence-corrected chi connectivity index (χ1v) is 7.98. The molecule has 2 aromatic heterocycles. The number of nitrogens with zero attached hydrogens (tertiary/aromatic N) is 2. The lowest BCUT2D eigenvalue weighted by Gasteiger charge is -2.41. The number of hydrogen-bond donors (Lipinski definition) is 1. The van der Waals surface area contributed by atoms with Gasteiger partial charge in [-0.3, -0.25) is 4.90 Å². The Hall–Kier alpha value is -2.02. The minimum Gasteiger partial charge on any atom is -0.464 e. The van der Waals surface area contributed by atoms with Crippen LogP contribution >= 0.6 is 0 Å². The quantitative estimate of drug-likeness (QED) is 0.875. The fraction of sp³-hybridized carbons (Fsp3) is 0.529. The number of alkyl halides is 2. The third kappa shape index (κ3) is 2.88. The van der Waals surface area contributed by atoms with Crippen molar-refractivity contribution >= 4 is 17.0 Å². The zero-order valence-corrected chi connectivity index (χ0v) is 14.0. The van der Waals surface area contributed by atoms with E-state index < -0.39 is 23.7 Å². The van der Waals surface area contributed by atoms with Gasteiger partial charge in [0, 0.05) is 37.7 Å². The summed E-state index contributed by atoms with van der Waals surface area (Å²) in [7, 11) is 1.31. The highest BCUT2D eigenvalue weighted by molar-refractivity contribution is 5.91. The van der Waals surface area contributed by atoms with Crippen molar-refractivity contribution in [2.24, 2.45) is 11.8 Å². The van der Waals surface area contributed by atoms with Gasteiger partial charge in [-0.25, -0.2) is 18.6 Å². The lowest BCUT2D eigenvalue weighted by Crippen LogP contribution is -2.51. The van der Waals surface area contributed by atoms with Gasteiger partial charge >= 0.3 is 5.97 Å². The summed E-state index contributed by atoms with van der Waals surface area (Å²) in [5.74, 6) is -4.57. The van der Waals surface area contributed by atoms with E-state index in [1.165, 1.54) is 7.11 Å². The largest absolute Gasteiger partial charge is 0.464 e. The number of halogens is 2. The summed E-state index contributed by atoms with van der Waals surface area (Å²) < 4.78 is 32.8. The number of carbonyl (C=O) groups excluding carboxylic acids is 1. The molecule has 1 aliphatic heterocycles. The molecule has 3 heterocycles. The van der Waals surface area contributed by atoms with Crippen molar-refractivity contribution in [1.29, 1.82) is 0 Å². The first-order chi connectivity index (χ1) is 11.3. The third-order valence-corrected chi connectivity index (χ3v) is 4.76. The van der Waals surface area contributed by atoms with Gasteiger partial charge in [-0.1, -0.05) is 13.8 Å². The van der Waals surface area contributed by atoms with Crippen LogP contribution < -0.4 is 0 Å². The second kappa shape index (κ2) is 6.12. The summed E-state index contributed by atoms with van der Waals surface area (Å²) in [6, 6.07) is 3.45. The number of H-pyrrole nitrogens is 1. The minimum atomic E-state index is -2.65. The number of esters is 1. The molecule has 130 valence electrons. The van der Waals surface area contributed by atoms with Crippen molar-refractivity contribution in [1.82, 2.24) is 14.9 Å². The van der Waals surface area contributed by atoms with Gasteiger partial charge in [0.25, 0.3) is 5.92 Å². The molecule has 3 rings (SSSR count). The Bertz CT molecular complexity index is 745. The molecule has 2 atom stereocenters. The van der Waals surface area contributed by atoms with Crippen molar-refractivity contribution in [3.8, 4) is 0 Å². The van der Waals surface area contributed by atoms with E-state index in [2.05, 4.69) is 9.97 Å².